The van der Waals surface area contributed by atoms with E-state index in [4.69, 9.17) is 0 Å². The summed E-state index contributed by atoms with van der Waals surface area (Å²) in [6.07, 6.45) is 2.30. The minimum atomic E-state index is -3.15. The molecular weight excluding hydrogens is 292 g/mol. The first-order valence-electron chi connectivity index (χ1n) is 7.02. The zero-order valence-electron chi connectivity index (χ0n) is 12.7. The van der Waals surface area contributed by atoms with Gasteiger partial charge in [0.05, 0.1) is 11.9 Å². The molecule has 1 N–H and O–H groups in total. The van der Waals surface area contributed by atoms with Gasteiger partial charge >= 0.3 is 0 Å². The van der Waals surface area contributed by atoms with Crippen molar-refractivity contribution in [2.45, 2.75) is 26.7 Å². The van der Waals surface area contributed by atoms with Crippen LogP contribution in [0.1, 0.15) is 23.4 Å². The van der Waals surface area contributed by atoms with Crippen molar-refractivity contribution in [1.29, 1.82) is 0 Å². The highest BCUT2D eigenvalue weighted by Crippen LogP contribution is 2.14. The fourth-order valence-electron chi connectivity index (χ4n) is 2.60. The zero-order valence-corrected chi connectivity index (χ0v) is 13.5. The summed E-state index contributed by atoms with van der Waals surface area (Å²) >= 11 is 0. The summed E-state index contributed by atoms with van der Waals surface area (Å²) in [5.74, 6) is 0.0724. The van der Waals surface area contributed by atoms with E-state index in [1.165, 1.54) is 10.6 Å². The predicted molar refractivity (Wildman–Crippen MR) is 79.4 cm³/mol. The number of hydrogen-bond acceptors (Lipinski definition) is 4. The predicted octanol–water partition coefficient (Wildman–Crippen LogP) is 0.0629. The van der Waals surface area contributed by atoms with Gasteiger partial charge in [0.2, 0.25) is 15.9 Å². The Labute approximate surface area is 125 Å². The Kier molecular flexibility index (Phi) is 4.67. The van der Waals surface area contributed by atoms with Crippen molar-refractivity contribution in [2.75, 3.05) is 32.4 Å². The maximum Gasteiger partial charge on any atom is 0.222 e. The largest absolute Gasteiger partial charge is 0.340 e. The number of piperazine rings is 1. The van der Waals surface area contributed by atoms with E-state index in [9.17, 15) is 13.2 Å². The molecule has 0 unspecified atom stereocenters. The van der Waals surface area contributed by atoms with Gasteiger partial charge in [-0.25, -0.2) is 8.42 Å². The van der Waals surface area contributed by atoms with Gasteiger partial charge in [-0.3, -0.25) is 9.89 Å². The summed E-state index contributed by atoms with van der Waals surface area (Å²) in [7, 11) is -3.15. The van der Waals surface area contributed by atoms with Crippen molar-refractivity contribution in [1.82, 2.24) is 19.4 Å². The van der Waals surface area contributed by atoms with Crippen LogP contribution in [0, 0.1) is 13.8 Å². The molecule has 0 bridgehead atoms. The van der Waals surface area contributed by atoms with Crippen molar-refractivity contribution in [3.8, 4) is 0 Å². The van der Waals surface area contributed by atoms with Crippen molar-refractivity contribution >= 4 is 15.9 Å². The third kappa shape index (κ3) is 3.82. The first-order valence-corrected chi connectivity index (χ1v) is 8.87. The average Bonchev–Trinajstić information content (AvgIpc) is 2.75. The van der Waals surface area contributed by atoms with Crippen molar-refractivity contribution < 1.29 is 13.2 Å². The van der Waals surface area contributed by atoms with Crippen LogP contribution < -0.4 is 0 Å². The molecule has 0 spiro atoms. The van der Waals surface area contributed by atoms with Crippen LogP contribution in [-0.2, 0) is 21.2 Å². The molecule has 0 saturated carbocycles. The summed E-state index contributed by atoms with van der Waals surface area (Å²) in [5, 5.41) is 7.03. The van der Waals surface area contributed by atoms with Gasteiger partial charge in [-0.05, 0) is 25.8 Å². The van der Waals surface area contributed by atoms with Crippen LogP contribution in [0.2, 0.25) is 0 Å². The van der Waals surface area contributed by atoms with Crippen molar-refractivity contribution in [3.05, 3.63) is 17.0 Å². The number of nitrogens with one attached hydrogen (secondary N) is 1. The summed E-state index contributed by atoms with van der Waals surface area (Å²) in [6, 6.07) is 0. The summed E-state index contributed by atoms with van der Waals surface area (Å²) < 4.78 is 24.3. The normalized spacial score (nSPS) is 17.2. The lowest BCUT2D eigenvalue weighted by Gasteiger charge is -2.33. The molecule has 1 saturated heterocycles. The number of carbonyl (C=O) groups is 1. The van der Waals surface area contributed by atoms with E-state index in [1.807, 2.05) is 13.8 Å². The molecule has 1 aliphatic rings. The molecule has 0 aliphatic carbocycles. The van der Waals surface area contributed by atoms with Crippen LogP contribution in [0.25, 0.3) is 0 Å². The highest BCUT2D eigenvalue weighted by molar-refractivity contribution is 7.88. The van der Waals surface area contributed by atoms with Gasteiger partial charge in [-0.2, -0.15) is 9.40 Å². The van der Waals surface area contributed by atoms with Crippen molar-refractivity contribution in [2.24, 2.45) is 0 Å². The van der Waals surface area contributed by atoms with E-state index < -0.39 is 10.0 Å². The number of amides is 1. The van der Waals surface area contributed by atoms with E-state index in [0.717, 1.165) is 17.0 Å². The fraction of sp³-hybridized carbons (Fsp3) is 0.692. The Balaban J connectivity index is 1.86. The number of aromatic amines is 1. The molecule has 1 amide bonds. The number of hydrogen-bond donors (Lipinski definition) is 1. The number of aryl methyl sites for hydroxylation is 2. The second-order valence-corrected chi connectivity index (χ2v) is 7.44. The molecule has 1 aliphatic heterocycles. The molecule has 0 aromatic carbocycles. The lowest BCUT2D eigenvalue weighted by Crippen LogP contribution is -2.50. The molecule has 2 rings (SSSR count). The molecule has 21 heavy (non-hydrogen) atoms. The second-order valence-electron chi connectivity index (χ2n) is 5.46. The quantitative estimate of drug-likeness (QED) is 0.851. The number of sulfonamides is 1. The average molecular weight is 314 g/mol. The SMILES string of the molecule is Cc1n[nH]c(C)c1CCC(=O)N1CCN(S(C)(=O)=O)CC1. The van der Waals surface area contributed by atoms with Crippen LogP contribution in [-0.4, -0.2) is 66.2 Å². The second kappa shape index (κ2) is 6.15. The molecular formula is C13H22N4O3S. The summed E-state index contributed by atoms with van der Waals surface area (Å²) in [5.41, 5.74) is 3.03. The van der Waals surface area contributed by atoms with Gasteiger partial charge in [0.15, 0.2) is 0 Å². The molecule has 2 heterocycles. The van der Waals surface area contributed by atoms with Crippen LogP contribution >= 0.6 is 0 Å². The van der Waals surface area contributed by atoms with Gasteiger partial charge in [-0.15, -0.1) is 0 Å². The first kappa shape index (κ1) is 16.0. The van der Waals surface area contributed by atoms with Gasteiger partial charge in [0.1, 0.15) is 0 Å². The highest BCUT2D eigenvalue weighted by atomic mass is 32.2. The summed E-state index contributed by atoms with van der Waals surface area (Å²) in [6.45, 7) is 5.58. The third-order valence-electron chi connectivity index (χ3n) is 3.93. The standard InChI is InChI=1S/C13H22N4O3S/c1-10-12(11(2)15-14-10)4-5-13(18)16-6-8-17(9-7-16)21(3,19)20/h4-9H2,1-3H3,(H,14,15). The lowest BCUT2D eigenvalue weighted by molar-refractivity contribution is -0.132. The molecule has 8 heteroatoms. The maximum absolute atomic E-state index is 12.2. The molecule has 1 aromatic rings. The Morgan fingerprint density at radius 1 is 1.24 bits per heavy atom. The molecule has 7 nitrogen and oxygen atoms in total. The monoisotopic (exact) mass is 314 g/mol. The molecule has 118 valence electrons. The molecule has 0 atom stereocenters. The van der Waals surface area contributed by atoms with Gasteiger partial charge < -0.3 is 4.90 Å². The lowest BCUT2D eigenvalue weighted by atomic mass is 10.1. The number of aromatic nitrogens is 2. The Bertz CT molecular complexity index is 596. The fourth-order valence-corrected chi connectivity index (χ4v) is 3.43. The van der Waals surface area contributed by atoms with Gasteiger partial charge in [0.25, 0.3) is 0 Å². The smallest absolute Gasteiger partial charge is 0.222 e. The number of H-pyrrole nitrogens is 1. The molecule has 1 fully saturated rings. The topological polar surface area (TPSA) is 86.4 Å². The van der Waals surface area contributed by atoms with E-state index in [-0.39, 0.29) is 5.91 Å². The molecule has 1 aromatic heterocycles. The van der Waals surface area contributed by atoms with Crippen LogP contribution in [0.4, 0.5) is 0 Å². The van der Waals surface area contributed by atoms with Crippen LogP contribution in [0.3, 0.4) is 0 Å². The van der Waals surface area contributed by atoms with E-state index in [1.54, 1.807) is 4.90 Å². The minimum absolute atomic E-state index is 0.0724. The Hall–Kier alpha value is -1.41. The van der Waals surface area contributed by atoms with Gasteiger partial charge in [-0.1, -0.05) is 0 Å². The highest BCUT2D eigenvalue weighted by Gasteiger charge is 2.25. The zero-order chi connectivity index (χ0) is 15.6. The van der Waals surface area contributed by atoms with Crippen LogP contribution in [0.15, 0.2) is 0 Å². The Morgan fingerprint density at radius 2 is 1.86 bits per heavy atom. The van der Waals surface area contributed by atoms with E-state index in [2.05, 4.69) is 10.2 Å². The van der Waals surface area contributed by atoms with Gasteiger partial charge in [0, 0.05) is 38.3 Å². The Morgan fingerprint density at radius 3 is 2.33 bits per heavy atom. The number of rotatable bonds is 4. The maximum atomic E-state index is 12.2. The third-order valence-corrected chi connectivity index (χ3v) is 5.23. The van der Waals surface area contributed by atoms with E-state index >= 15 is 0 Å². The number of nitrogens with zero attached hydrogens (tertiary/aromatic N) is 3. The minimum Gasteiger partial charge on any atom is -0.340 e. The number of carbonyl (C=O) groups excluding carboxylic acids is 1. The summed E-state index contributed by atoms with van der Waals surface area (Å²) in [4.78, 5) is 13.9. The van der Waals surface area contributed by atoms with Crippen molar-refractivity contribution in [3.63, 3.8) is 0 Å². The molecule has 0 radical (unpaired) electrons. The first-order chi connectivity index (χ1) is 9.79. The van der Waals surface area contributed by atoms with E-state index in [0.29, 0.717) is 39.0 Å². The van der Waals surface area contributed by atoms with Crippen LogP contribution in [0.5, 0.6) is 0 Å².